The van der Waals surface area contributed by atoms with E-state index in [1.54, 1.807) is 0 Å². The Hall–Kier alpha value is -2.06. The first-order chi connectivity index (χ1) is 8.45. The largest absolute Gasteiger partial charge is 0.506 e. The number of nitrogens with one attached hydrogen (secondary N) is 1. The van der Waals surface area contributed by atoms with Gasteiger partial charge in [0.05, 0.1) is 0 Å². The maximum absolute atomic E-state index is 11.6. The van der Waals surface area contributed by atoms with E-state index in [1.165, 1.54) is 13.1 Å². The van der Waals surface area contributed by atoms with Crippen molar-refractivity contribution >= 4 is 0 Å². The van der Waals surface area contributed by atoms with Crippen LogP contribution in [0, 0.1) is 6.92 Å². The van der Waals surface area contributed by atoms with Crippen LogP contribution >= 0.6 is 0 Å². The number of aromatic nitrogens is 2. The van der Waals surface area contributed by atoms with Gasteiger partial charge in [-0.1, -0.05) is 0 Å². The van der Waals surface area contributed by atoms with Crippen LogP contribution in [-0.2, 0) is 4.74 Å². The van der Waals surface area contributed by atoms with E-state index in [-0.39, 0.29) is 11.3 Å². The maximum atomic E-state index is 11.6. The van der Waals surface area contributed by atoms with Crippen LogP contribution in [0.3, 0.4) is 0 Å². The molecule has 18 heavy (non-hydrogen) atoms. The first kappa shape index (κ1) is 12.4. The molecule has 1 aliphatic heterocycles. The number of nitrogens with zero attached hydrogens (tertiary/aromatic N) is 1. The molecule has 0 aromatic carbocycles. The van der Waals surface area contributed by atoms with Crippen LogP contribution in [0.25, 0.3) is 0 Å². The Morgan fingerprint density at radius 2 is 2.17 bits per heavy atom. The molecule has 2 rings (SSSR count). The minimum atomic E-state index is -1.48. The zero-order valence-corrected chi connectivity index (χ0v) is 9.45. The van der Waals surface area contributed by atoms with E-state index in [9.17, 15) is 19.8 Å². The van der Waals surface area contributed by atoms with E-state index in [1.807, 2.05) is 0 Å². The van der Waals surface area contributed by atoms with Crippen molar-refractivity contribution in [3.8, 4) is 0 Å². The molecular formula is C10H12N2O6. The molecule has 0 amide bonds. The highest BCUT2D eigenvalue weighted by Gasteiger charge is 2.37. The Balaban J connectivity index is 2.45. The fraction of sp³-hybridized carbons (Fsp3) is 0.400. The molecule has 1 aromatic heterocycles. The minimum Gasteiger partial charge on any atom is -0.506 e. The number of aryl methyl sites for hydroxylation is 1. The SMILES string of the molecule is Cc1cn([C@@H]2OC(CO)=C(O)C2O)c(=O)[nH]c1=O. The summed E-state index contributed by atoms with van der Waals surface area (Å²) in [5.74, 6) is -0.735. The Morgan fingerprint density at radius 1 is 1.50 bits per heavy atom. The number of aliphatic hydroxyl groups is 3. The average Bonchev–Trinajstić information content (AvgIpc) is 2.61. The third-order valence-corrected chi connectivity index (χ3v) is 2.66. The smallest absolute Gasteiger partial charge is 0.331 e. The summed E-state index contributed by atoms with van der Waals surface area (Å²) in [7, 11) is 0. The van der Waals surface area contributed by atoms with Crippen molar-refractivity contribution in [1.29, 1.82) is 0 Å². The van der Waals surface area contributed by atoms with Gasteiger partial charge in [0.1, 0.15) is 6.61 Å². The van der Waals surface area contributed by atoms with Gasteiger partial charge in [-0.2, -0.15) is 0 Å². The Bertz CT molecular complexity index is 614. The third kappa shape index (κ3) is 1.81. The third-order valence-electron chi connectivity index (χ3n) is 2.66. The van der Waals surface area contributed by atoms with Crippen molar-refractivity contribution in [3.05, 3.63) is 44.1 Å². The van der Waals surface area contributed by atoms with Gasteiger partial charge in [0.2, 0.25) is 6.23 Å². The summed E-state index contributed by atoms with van der Waals surface area (Å²) >= 11 is 0. The quantitative estimate of drug-likeness (QED) is 0.510. The molecule has 8 nitrogen and oxygen atoms in total. The normalized spacial score (nSPS) is 23.3. The molecular weight excluding hydrogens is 244 g/mol. The number of rotatable bonds is 2. The molecule has 98 valence electrons. The zero-order valence-electron chi connectivity index (χ0n) is 9.45. The lowest BCUT2D eigenvalue weighted by Gasteiger charge is -2.17. The van der Waals surface area contributed by atoms with Crippen molar-refractivity contribution in [2.45, 2.75) is 19.3 Å². The van der Waals surface area contributed by atoms with E-state index in [0.717, 1.165) is 4.57 Å². The number of H-pyrrole nitrogens is 1. The molecule has 8 heteroatoms. The molecule has 0 fully saturated rings. The zero-order chi connectivity index (χ0) is 13.4. The molecule has 0 radical (unpaired) electrons. The molecule has 0 spiro atoms. The molecule has 2 heterocycles. The molecule has 1 aliphatic rings. The van der Waals surface area contributed by atoms with Crippen molar-refractivity contribution in [1.82, 2.24) is 9.55 Å². The number of aliphatic hydroxyl groups excluding tert-OH is 3. The molecule has 0 aliphatic carbocycles. The molecule has 0 saturated heterocycles. The summed E-state index contributed by atoms with van der Waals surface area (Å²) in [5, 5.41) is 28.1. The van der Waals surface area contributed by atoms with Crippen molar-refractivity contribution in [3.63, 3.8) is 0 Å². The van der Waals surface area contributed by atoms with Gasteiger partial charge in [-0.05, 0) is 6.92 Å². The topological polar surface area (TPSA) is 125 Å². The highest BCUT2D eigenvalue weighted by Crippen LogP contribution is 2.29. The van der Waals surface area contributed by atoms with Gasteiger partial charge in [0, 0.05) is 11.8 Å². The minimum absolute atomic E-state index is 0.205. The summed E-state index contributed by atoms with van der Waals surface area (Å²) in [5.41, 5.74) is -1.06. The summed E-state index contributed by atoms with van der Waals surface area (Å²) in [6.07, 6.45) is -1.48. The Kier molecular flexibility index (Phi) is 2.97. The second-order valence-corrected chi connectivity index (χ2v) is 3.90. The van der Waals surface area contributed by atoms with Crippen LogP contribution in [0.4, 0.5) is 0 Å². The van der Waals surface area contributed by atoms with Crippen LogP contribution in [0.2, 0.25) is 0 Å². The fourth-order valence-corrected chi connectivity index (χ4v) is 1.67. The second-order valence-electron chi connectivity index (χ2n) is 3.90. The van der Waals surface area contributed by atoms with Gasteiger partial charge in [-0.15, -0.1) is 0 Å². The fourth-order valence-electron chi connectivity index (χ4n) is 1.67. The lowest BCUT2D eigenvalue weighted by atomic mass is 10.2. The van der Waals surface area contributed by atoms with Crippen LogP contribution in [-0.4, -0.2) is 37.6 Å². The lowest BCUT2D eigenvalue weighted by Crippen LogP contribution is -2.37. The predicted octanol–water partition coefficient (Wildman–Crippen LogP) is -1.50. The molecule has 1 aromatic rings. The number of ether oxygens (including phenoxy) is 1. The average molecular weight is 256 g/mol. The van der Waals surface area contributed by atoms with Gasteiger partial charge in [0.25, 0.3) is 5.56 Å². The van der Waals surface area contributed by atoms with Gasteiger partial charge >= 0.3 is 5.69 Å². The number of aromatic amines is 1. The van der Waals surface area contributed by atoms with Crippen LogP contribution in [0.5, 0.6) is 0 Å². The number of hydrogen-bond donors (Lipinski definition) is 4. The lowest BCUT2D eigenvalue weighted by molar-refractivity contribution is -0.0173. The summed E-state index contributed by atoms with van der Waals surface area (Å²) in [6, 6.07) is 0. The van der Waals surface area contributed by atoms with Gasteiger partial charge in [0.15, 0.2) is 17.6 Å². The van der Waals surface area contributed by atoms with E-state index in [4.69, 9.17) is 9.84 Å². The predicted molar refractivity (Wildman–Crippen MR) is 58.9 cm³/mol. The standard InChI is InChI=1S/C10H12N2O6/c1-4-2-12(10(17)11-8(4)16)9-7(15)6(14)5(3-13)18-9/h2,7,9,13-15H,3H2,1H3,(H,11,16,17)/t7?,9-/m1/s1. The van der Waals surface area contributed by atoms with Crippen LogP contribution < -0.4 is 11.2 Å². The van der Waals surface area contributed by atoms with Crippen LogP contribution in [0.1, 0.15) is 11.8 Å². The second kappa shape index (κ2) is 4.31. The first-order valence-electron chi connectivity index (χ1n) is 5.15. The maximum Gasteiger partial charge on any atom is 0.331 e. The molecule has 4 N–H and O–H groups in total. The Morgan fingerprint density at radius 3 is 2.72 bits per heavy atom. The summed E-state index contributed by atoms with van der Waals surface area (Å²) in [4.78, 5) is 24.8. The highest BCUT2D eigenvalue weighted by atomic mass is 16.5. The van der Waals surface area contributed by atoms with Crippen molar-refractivity contribution < 1.29 is 20.1 Å². The van der Waals surface area contributed by atoms with E-state index >= 15 is 0 Å². The van der Waals surface area contributed by atoms with E-state index < -0.39 is 35.9 Å². The summed E-state index contributed by atoms with van der Waals surface area (Å²) in [6.45, 7) is 0.882. The van der Waals surface area contributed by atoms with E-state index in [2.05, 4.69) is 4.98 Å². The van der Waals surface area contributed by atoms with Crippen LogP contribution in [0.15, 0.2) is 27.3 Å². The van der Waals surface area contributed by atoms with Crippen molar-refractivity contribution in [2.75, 3.05) is 6.61 Å². The first-order valence-corrected chi connectivity index (χ1v) is 5.15. The van der Waals surface area contributed by atoms with Gasteiger partial charge in [-0.3, -0.25) is 14.3 Å². The number of hydrogen-bond acceptors (Lipinski definition) is 6. The van der Waals surface area contributed by atoms with Gasteiger partial charge in [-0.25, -0.2) is 4.79 Å². The van der Waals surface area contributed by atoms with Gasteiger partial charge < -0.3 is 20.1 Å². The summed E-state index contributed by atoms with van der Waals surface area (Å²) < 4.78 is 6.01. The molecule has 1 unspecified atom stereocenters. The molecule has 0 saturated carbocycles. The molecule has 0 bridgehead atoms. The Labute approximate surface area is 100 Å². The van der Waals surface area contributed by atoms with Crippen molar-refractivity contribution in [2.24, 2.45) is 0 Å². The molecule has 2 atom stereocenters. The monoisotopic (exact) mass is 256 g/mol. The highest BCUT2D eigenvalue weighted by molar-refractivity contribution is 5.14. The van der Waals surface area contributed by atoms with E-state index in [0.29, 0.717) is 0 Å².